The highest BCUT2D eigenvalue weighted by Gasteiger charge is 2.46. The van der Waals surface area contributed by atoms with Gasteiger partial charge in [-0.05, 0) is 37.1 Å². The van der Waals surface area contributed by atoms with Gasteiger partial charge in [-0.15, -0.1) is 0 Å². The third-order valence-corrected chi connectivity index (χ3v) is 5.75. The van der Waals surface area contributed by atoms with E-state index in [-0.39, 0.29) is 36.3 Å². The predicted molar refractivity (Wildman–Crippen MR) is 115 cm³/mol. The summed E-state index contributed by atoms with van der Waals surface area (Å²) in [5, 5.41) is 8.75. The molecule has 4 amide bonds. The Balaban J connectivity index is 1.54. The van der Waals surface area contributed by atoms with Crippen LogP contribution >= 0.6 is 0 Å². The van der Waals surface area contributed by atoms with Crippen LogP contribution in [0.5, 0.6) is 0 Å². The smallest absolute Gasteiger partial charge is 0.322 e. The van der Waals surface area contributed by atoms with Crippen LogP contribution in [0.1, 0.15) is 32.1 Å². The molecule has 4 rings (SSSR count). The van der Waals surface area contributed by atoms with E-state index in [0.29, 0.717) is 11.4 Å². The van der Waals surface area contributed by atoms with Crippen LogP contribution in [0.3, 0.4) is 0 Å². The molecule has 0 radical (unpaired) electrons. The van der Waals surface area contributed by atoms with Crippen LogP contribution in [-0.4, -0.2) is 40.9 Å². The molecule has 0 spiro atoms. The molecule has 3 N–H and O–H groups in total. The minimum absolute atomic E-state index is 0.0683. The number of fused-ring (bicyclic) bond motifs is 1. The van der Waals surface area contributed by atoms with Crippen molar-refractivity contribution in [3.8, 4) is 0 Å². The highest BCUT2D eigenvalue weighted by atomic mass is 16.2. The van der Waals surface area contributed by atoms with E-state index in [9.17, 15) is 14.4 Å². The lowest BCUT2D eigenvalue weighted by atomic mass is 9.85. The van der Waals surface area contributed by atoms with Crippen LogP contribution in [0.15, 0.2) is 60.7 Å². The second-order valence-corrected chi connectivity index (χ2v) is 7.80. The molecule has 1 aliphatic heterocycles. The number of nitrogens with one attached hydrogen (secondary N) is 3. The molecule has 30 heavy (non-hydrogen) atoms. The van der Waals surface area contributed by atoms with Gasteiger partial charge in [0.25, 0.3) is 0 Å². The highest BCUT2D eigenvalue weighted by molar-refractivity contribution is 5.99. The van der Waals surface area contributed by atoms with Gasteiger partial charge in [0.2, 0.25) is 11.8 Å². The van der Waals surface area contributed by atoms with Gasteiger partial charge in [0.1, 0.15) is 6.04 Å². The Morgan fingerprint density at radius 1 is 0.900 bits per heavy atom. The standard InChI is InChI=1S/C23H26N4O3/c28-21(24-16-9-3-1-4-10-16)15-20-22(29)26-18-13-7-8-14-19(18)27(20)23(30)25-17-11-5-2-6-12-17/h1-6,9-12,18-20H,7-8,13-15H2,(H,24,28)(H,25,30)(H,26,29)/t18-,19+,20-/m1/s1. The van der Waals surface area contributed by atoms with E-state index in [4.69, 9.17) is 0 Å². The number of carbonyl (C=O) groups is 3. The van der Waals surface area contributed by atoms with Gasteiger partial charge >= 0.3 is 6.03 Å². The fraction of sp³-hybridized carbons (Fsp3) is 0.348. The lowest BCUT2D eigenvalue weighted by molar-refractivity contribution is -0.135. The Kier molecular flexibility index (Phi) is 5.97. The van der Waals surface area contributed by atoms with E-state index in [1.54, 1.807) is 29.2 Å². The first-order valence-electron chi connectivity index (χ1n) is 10.4. The average molecular weight is 406 g/mol. The summed E-state index contributed by atoms with van der Waals surface area (Å²) in [4.78, 5) is 40.4. The molecule has 1 aliphatic carbocycles. The molecule has 2 aromatic carbocycles. The molecule has 1 saturated carbocycles. The first-order chi connectivity index (χ1) is 14.6. The van der Waals surface area contributed by atoms with Gasteiger partial charge in [-0.3, -0.25) is 9.59 Å². The summed E-state index contributed by atoms with van der Waals surface area (Å²) >= 11 is 0. The van der Waals surface area contributed by atoms with Crippen molar-refractivity contribution >= 4 is 29.2 Å². The number of rotatable bonds is 4. The second kappa shape index (κ2) is 8.98. The Morgan fingerprint density at radius 3 is 2.17 bits per heavy atom. The zero-order valence-corrected chi connectivity index (χ0v) is 16.7. The number of amides is 4. The highest BCUT2D eigenvalue weighted by Crippen LogP contribution is 2.30. The van der Waals surface area contributed by atoms with Crippen LogP contribution in [0.4, 0.5) is 16.2 Å². The summed E-state index contributed by atoms with van der Waals surface area (Å²) in [5.74, 6) is -0.572. The SMILES string of the molecule is O=C(C[C@@H]1C(=O)N[C@@H]2CCCC[C@@H]2N1C(=O)Nc1ccccc1)Nc1ccccc1. The van der Waals surface area contributed by atoms with Gasteiger partial charge in [0, 0.05) is 17.4 Å². The lowest BCUT2D eigenvalue weighted by Crippen LogP contribution is -2.68. The molecule has 7 heteroatoms. The molecule has 2 aliphatic rings. The molecule has 0 bridgehead atoms. The van der Waals surface area contributed by atoms with Crippen molar-refractivity contribution in [1.82, 2.24) is 10.2 Å². The Labute approximate surface area is 175 Å². The summed E-state index contributed by atoms with van der Waals surface area (Å²) < 4.78 is 0. The number of hydrogen-bond acceptors (Lipinski definition) is 3. The fourth-order valence-corrected chi connectivity index (χ4v) is 4.35. The van der Waals surface area contributed by atoms with Gasteiger partial charge in [0.05, 0.1) is 12.5 Å². The summed E-state index contributed by atoms with van der Waals surface area (Å²) in [5.41, 5.74) is 1.32. The Hall–Kier alpha value is -3.35. The van der Waals surface area contributed by atoms with Crippen molar-refractivity contribution in [3.05, 3.63) is 60.7 Å². The van der Waals surface area contributed by atoms with Crippen molar-refractivity contribution in [2.24, 2.45) is 0 Å². The normalized spacial score (nSPS) is 23.1. The number of piperazine rings is 1. The first-order valence-corrected chi connectivity index (χ1v) is 10.4. The molecule has 7 nitrogen and oxygen atoms in total. The van der Waals surface area contributed by atoms with Crippen molar-refractivity contribution in [1.29, 1.82) is 0 Å². The van der Waals surface area contributed by atoms with Crippen LogP contribution in [0.2, 0.25) is 0 Å². The molecule has 1 saturated heterocycles. The predicted octanol–water partition coefficient (Wildman–Crippen LogP) is 3.36. The summed E-state index contributed by atoms with van der Waals surface area (Å²) in [7, 11) is 0. The van der Waals surface area contributed by atoms with Crippen molar-refractivity contribution < 1.29 is 14.4 Å². The Bertz CT molecular complexity index is 903. The molecular formula is C23H26N4O3. The topological polar surface area (TPSA) is 90.5 Å². The molecule has 0 aromatic heterocycles. The molecule has 2 aromatic rings. The number of urea groups is 1. The van der Waals surface area contributed by atoms with E-state index in [1.165, 1.54) is 0 Å². The number of benzene rings is 2. The number of carbonyl (C=O) groups excluding carboxylic acids is 3. The van der Waals surface area contributed by atoms with E-state index >= 15 is 0 Å². The zero-order valence-electron chi connectivity index (χ0n) is 16.7. The van der Waals surface area contributed by atoms with Crippen molar-refractivity contribution in [3.63, 3.8) is 0 Å². The maximum Gasteiger partial charge on any atom is 0.322 e. The monoisotopic (exact) mass is 406 g/mol. The van der Waals surface area contributed by atoms with E-state index in [2.05, 4.69) is 16.0 Å². The van der Waals surface area contributed by atoms with E-state index in [0.717, 1.165) is 25.7 Å². The number of nitrogens with zero attached hydrogens (tertiary/aromatic N) is 1. The van der Waals surface area contributed by atoms with Crippen molar-refractivity contribution in [2.45, 2.75) is 50.2 Å². The molecule has 3 atom stereocenters. The average Bonchev–Trinajstić information content (AvgIpc) is 2.75. The quantitative estimate of drug-likeness (QED) is 0.727. The molecule has 1 heterocycles. The maximum absolute atomic E-state index is 13.2. The number of para-hydroxylation sites is 2. The largest absolute Gasteiger partial charge is 0.349 e. The molecular weight excluding hydrogens is 380 g/mol. The second-order valence-electron chi connectivity index (χ2n) is 7.80. The summed E-state index contributed by atoms with van der Waals surface area (Å²) in [6, 6.07) is 16.9. The van der Waals surface area contributed by atoms with E-state index < -0.39 is 6.04 Å². The zero-order chi connectivity index (χ0) is 20.9. The van der Waals surface area contributed by atoms with Crippen molar-refractivity contribution in [2.75, 3.05) is 10.6 Å². The van der Waals surface area contributed by atoms with Crippen LogP contribution in [-0.2, 0) is 9.59 Å². The fourth-order valence-electron chi connectivity index (χ4n) is 4.35. The first kappa shape index (κ1) is 19.9. The third kappa shape index (κ3) is 4.45. The van der Waals surface area contributed by atoms with Gasteiger partial charge in [-0.1, -0.05) is 49.2 Å². The number of hydrogen-bond donors (Lipinski definition) is 3. The van der Waals surface area contributed by atoms with Crippen LogP contribution in [0, 0.1) is 0 Å². The van der Waals surface area contributed by atoms with Crippen LogP contribution < -0.4 is 16.0 Å². The van der Waals surface area contributed by atoms with Gasteiger partial charge < -0.3 is 20.9 Å². The summed E-state index contributed by atoms with van der Waals surface area (Å²) in [6.45, 7) is 0. The van der Waals surface area contributed by atoms with E-state index in [1.807, 2.05) is 36.4 Å². The van der Waals surface area contributed by atoms with Gasteiger partial charge in [-0.25, -0.2) is 4.79 Å². The Morgan fingerprint density at radius 2 is 1.50 bits per heavy atom. The number of anilines is 2. The lowest BCUT2D eigenvalue weighted by Gasteiger charge is -2.47. The molecule has 2 fully saturated rings. The minimum atomic E-state index is -0.850. The minimum Gasteiger partial charge on any atom is -0.349 e. The van der Waals surface area contributed by atoms with Gasteiger partial charge in [0.15, 0.2) is 0 Å². The van der Waals surface area contributed by atoms with Crippen LogP contribution in [0.25, 0.3) is 0 Å². The summed E-state index contributed by atoms with van der Waals surface area (Å²) in [6.07, 6.45) is 3.58. The molecule has 0 unspecified atom stereocenters. The molecule has 156 valence electrons. The van der Waals surface area contributed by atoms with Gasteiger partial charge in [-0.2, -0.15) is 0 Å². The maximum atomic E-state index is 13.2. The third-order valence-electron chi connectivity index (χ3n) is 5.75.